The van der Waals surface area contributed by atoms with E-state index < -0.39 is 0 Å². The Morgan fingerprint density at radius 2 is 1.94 bits per heavy atom. The molecule has 1 heterocycles. The van der Waals surface area contributed by atoms with Gasteiger partial charge in [0.2, 0.25) is 0 Å². The van der Waals surface area contributed by atoms with E-state index in [1.54, 1.807) is 0 Å². The molecule has 0 aliphatic carbocycles. The summed E-state index contributed by atoms with van der Waals surface area (Å²) in [5.74, 6) is 0.896. The summed E-state index contributed by atoms with van der Waals surface area (Å²) >= 11 is 0. The van der Waals surface area contributed by atoms with Crippen LogP contribution in [0.1, 0.15) is 57.0 Å². The van der Waals surface area contributed by atoms with Gasteiger partial charge >= 0.3 is 0 Å². The summed E-state index contributed by atoms with van der Waals surface area (Å²) in [5, 5.41) is 1.20. The fourth-order valence-electron chi connectivity index (χ4n) is 2.25. The molecule has 2 aromatic rings. The van der Waals surface area contributed by atoms with E-state index >= 15 is 0 Å². The summed E-state index contributed by atoms with van der Waals surface area (Å²) in [6.45, 7) is 10.8. The third kappa shape index (κ3) is 2.17. The molecule has 2 rings (SSSR count). The van der Waals surface area contributed by atoms with Gasteiger partial charge in [-0.2, -0.15) is 0 Å². The van der Waals surface area contributed by atoms with Gasteiger partial charge in [0.1, 0.15) is 11.3 Å². The number of hydrogen-bond donors (Lipinski definition) is 1. The molecular formula is C16H23NO. The Morgan fingerprint density at radius 1 is 1.28 bits per heavy atom. The minimum Gasteiger partial charge on any atom is -0.459 e. The Labute approximate surface area is 109 Å². The molecule has 1 aromatic heterocycles. The van der Waals surface area contributed by atoms with Crippen LogP contribution in [0.2, 0.25) is 0 Å². The van der Waals surface area contributed by atoms with E-state index in [0.29, 0.717) is 0 Å². The standard InChI is InChI=1S/C16H23NO/c1-6-13(17)14-9-11-10(2)7-8-12(15(11)18-14)16(3,4)5/h7-9,13H,6,17H2,1-5H3. The first kappa shape index (κ1) is 13.2. The fourth-order valence-corrected chi connectivity index (χ4v) is 2.25. The van der Waals surface area contributed by atoms with Gasteiger partial charge in [0, 0.05) is 10.9 Å². The Kier molecular flexibility index (Phi) is 3.24. The smallest absolute Gasteiger partial charge is 0.138 e. The molecular weight excluding hydrogens is 222 g/mol. The van der Waals surface area contributed by atoms with Crippen molar-refractivity contribution in [3.8, 4) is 0 Å². The molecule has 0 bridgehead atoms. The predicted molar refractivity (Wildman–Crippen MR) is 76.9 cm³/mol. The lowest BCUT2D eigenvalue weighted by Crippen LogP contribution is -2.11. The second-order valence-corrected chi connectivity index (χ2v) is 6.09. The summed E-state index contributed by atoms with van der Waals surface area (Å²) in [6, 6.07) is 6.43. The topological polar surface area (TPSA) is 39.2 Å². The van der Waals surface area contributed by atoms with E-state index in [1.807, 2.05) is 0 Å². The van der Waals surface area contributed by atoms with Gasteiger partial charge in [0.05, 0.1) is 6.04 Å². The van der Waals surface area contributed by atoms with Crippen LogP contribution in [0.5, 0.6) is 0 Å². The largest absolute Gasteiger partial charge is 0.459 e. The van der Waals surface area contributed by atoms with Crippen molar-refractivity contribution in [2.45, 2.75) is 52.5 Å². The normalized spacial score (nSPS) is 14.1. The Bertz CT molecular complexity index is 560. The molecule has 0 aliphatic heterocycles. The number of aryl methyl sites for hydroxylation is 1. The van der Waals surface area contributed by atoms with E-state index in [2.05, 4.69) is 52.8 Å². The zero-order valence-corrected chi connectivity index (χ0v) is 12.0. The Balaban J connectivity index is 2.70. The van der Waals surface area contributed by atoms with Gasteiger partial charge in [-0.1, -0.05) is 39.8 Å². The zero-order chi connectivity index (χ0) is 13.5. The Hall–Kier alpha value is -1.28. The van der Waals surface area contributed by atoms with Crippen molar-refractivity contribution in [3.05, 3.63) is 35.1 Å². The van der Waals surface area contributed by atoms with E-state index in [0.717, 1.165) is 17.8 Å². The zero-order valence-electron chi connectivity index (χ0n) is 12.0. The predicted octanol–water partition coefficient (Wildman–Crippen LogP) is 4.45. The molecule has 0 radical (unpaired) electrons. The maximum Gasteiger partial charge on any atom is 0.138 e. The quantitative estimate of drug-likeness (QED) is 0.849. The van der Waals surface area contributed by atoms with Crippen LogP contribution < -0.4 is 5.73 Å². The van der Waals surface area contributed by atoms with Crippen molar-refractivity contribution in [3.63, 3.8) is 0 Å². The van der Waals surface area contributed by atoms with Crippen LogP contribution in [-0.2, 0) is 5.41 Å². The van der Waals surface area contributed by atoms with Gasteiger partial charge in [-0.3, -0.25) is 0 Å². The highest BCUT2D eigenvalue weighted by Gasteiger charge is 2.21. The van der Waals surface area contributed by atoms with E-state index in [-0.39, 0.29) is 11.5 Å². The van der Waals surface area contributed by atoms with Crippen LogP contribution in [0, 0.1) is 6.92 Å². The first-order chi connectivity index (χ1) is 8.34. The second kappa shape index (κ2) is 4.43. The van der Waals surface area contributed by atoms with Gasteiger partial charge in [0.25, 0.3) is 0 Å². The first-order valence-electron chi connectivity index (χ1n) is 6.63. The van der Waals surface area contributed by atoms with Crippen LogP contribution in [0.15, 0.2) is 22.6 Å². The first-order valence-corrected chi connectivity index (χ1v) is 6.63. The second-order valence-electron chi connectivity index (χ2n) is 6.09. The van der Waals surface area contributed by atoms with E-state index in [4.69, 9.17) is 10.2 Å². The van der Waals surface area contributed by atoms with Gasteiger partial charge in [0.15, 0.2) is 0 Å². The number of benzene rings is 1. The van der Waals surface area contributed by atoms with E-state index in [1.165, 1.54) is 16.5 Å². The molecule has 0 saturated heterocycles. The molecule has 0 fully saturated rings. The molecule has 1 atom stereocenters. The minimum atomic E-state index is -0.00961. The van der Waals surface area contributed by atoms with E-state index in [9.17, 15) is 0 Å². The van der Waals surface area contributed by atoms with Gasteiger partial charge < -0.3 is 10.2 Å². The number of hydrogen-bond acceptors (Lipinski definition) is 2. The van der Waals surface area contributed by atoms with Crippen LogP contribution >= 0.6 is 0 Å². The monoisotopic (exact) mass is 245 g/mol. The van der Waals surface area contributed by atoms with Gasteiger partial charge in [-0.05, 0) is 30.4 Å². The summed E-state index contributed by atoms with van der Waals surface area (Å²) in [7, 11) is 0. The molecule has 0 amide bonds. The van der Waals surface area contributed by atoms with Crippen molar-refractivity contribution in [2.75, 3.05) is 0 Å². The van der Waals surface area contributed by atoms with Crippen molar-refractivity contribution >= 4 is 11.0 Å². The van der Waals surface area contributed by atoms with Crippen molar-refractivity contribution in [1.82, 2.24) is 0 Å². The third-order valence-electron chi connectivity index (χ3n) is 3.53. The average molecular weight is 245 g/mol. The average Bonchev–Trinajstić information content (AvgIpc) is 2.72. The molecule has 2 nitrogen and oxygen atoms in total. The summed E-state index contributed by atoms with van der Waals surface area (Å²) in [5.41, 5.74) is 9.65. The number of fused-ring (bicyclic) bond motifs is 1. The van der Waals surface area contributed by atoms with Crippen LogP contribution in [0.25, 0.3) is 11.0 Å². The van der Waals surface area contributed by atoms with Crippen LogP contribution in [-0.4, -0.2) is 0 Å². The number of furan rings is 1. The Morgan fingerprint density at radius 3 is 2.50 bits per heavy atom. The molecule has 1 unspecified atom stereocenters. The molecule has 0 aliphatic rings. The van der Waals surface area contributed by atoms with Gasteiger partial charge in [-0.25, -0.2) is 0 Å². The molecule has 1 aromatic carbocycles. The molecule has 18 heavy (non-hydrogen) atoms. The third-order valence-corrected chi connectivity index (χ3v) is 3.53. The lowest BCUT2D eigenvalue weighted by atomic mass is 9.85. The minimum absolute atomic E-state index is 0.00961. The van der Waals surface area contributed by atoms with Gasteiger partial charge in [-0.15, -0.1) is 0 Å². The highest BCUT2D eigenvalue weighted by Crippen LogP contribution is 2.35. The maximum absolute atomic E-state index is 6.07. The summed E-state index contributed by atoms with van der Waals surface area (Å²) in [4.78, 5) is 0. The SMILES string of the molecule is CCC(N)c1cc2c(C)ccc(C(C)(C)C)c2o1. The number of nitrogens with two attached hydrogens (primary N) is 1. The highest BCUT2D eigenvalue weighted by atomic mass is 16.3. The molecule has 0 saturated carbocycles. The molecule has 98 valence electrons. The van der Waals surface area contributed by atoms with Crippen LogP contribution in [0.3, 0.4) is 0 Å². The molecule has 2 N–H and O–H groups in total. The number of rotatable bonds is 2. The molecule has 2 heteroatoms. The summed E-state index contributed by atoms with van der Waals surface area (Å²) in [6.07, 6.45) is 0.893. The van der Waals surface area contributed by atoms with Crippen molar-refractivity contribution < 1.29 is 4.42 Å². The van der Waals surface area contributed by atoms with Crippen LogP contribution in [0.4, 0.5) is 0 Å². The van der Waals surface area contributed by atoms with Crippen molar-refractivity contribution in [2.24, 2.45) is 5.73 Å². The maximum atomic E-state index is 6.07. The molecule has 0 spiro atoms. The highest BCUT2D eigenvalue weighted by molar-refractivity contribution is 5.85. The lowest BCUT2D eigenvalue weighted by molar-refractivity contribution is 0.478. The summed E-state index contributed by atoms with van der Waals surface area (Å²) < 4.78 is 6.03. The fraction of sp³-hybridized carbons (Fsp3) is 0.500. The lowest BCUT2D eigenvalue weighted by Gasteiger charge is -2.19. The van der Waals surface area contributed by atoms with Crippen molar-refractivity contribution in [1.29, 1.82) is 0 Å².